The first-order valence-corrected chi connectivity index (χ1v) is 9.31. The Morgan fingerprint density at radius 2 is 1.72 bits per heavy atom. The number of rotatable bonds is 4. The third-order valence-corrected chi connectivity index (χ3v) is 6.34. The summed E-state index contributed by atoms with van der Waals surface area (Å²) in [6.45, 7) is 0.0709. The summed E-state index contributed by atoms with van der Waals surface area (Å²) < 4.78 is 10.8. The van der Waals surface area contributed by atoms with Crippen LogP contribution in [0.3, 0.4) is 0 Å². The molecule has 6 rings (SSSR count). The van der Waals surface area contributed by atoms with E-state index in [1.807, 2.05) is 30.3 Å². The number of carbonyl (C=O) groups excluding carboxylic acids is 1. The van der Waals surface area contributed by atoms with Gasteiger partial charge in [-0.05, 0) is 55.8 Å². The van der Waals surface area contributed by atoms with Gasteiger partial charge < -0.3 is 9.26 Å². The van der Waals surface area contributed by atoms with Crippen LogP contribution in [0.15, 0.2) is 34.9 Å². The highest BCUT2D eigenvalue weighted by Gasteiger charge is 2.51. The second-order valence-corrected chi connectivity index (χ2v) is 7.94. The van der Waals surface area contributed by atoms with Gasteiger partial charge in [-0.15, -0.1) is 0 Å². The largest absolute Gasteiger partial charge is 0.455 e. The van der Waals surface area contributed by atoms with Gasteiger partial charge in [0.15, 0.2) is 6.61 Å². The van der Waals surface area contributed by atoms with Crippen molar-refractivity contribution in [1.29, 1.82) is 0 Å². The lowest BCUT2D eigenvalue weighted by Crippen LogP contribution is -2.48. The molecular weight excluding hydrogens is 316 g/mol. The Balaban J connectivity index is 1.23. The van der Waals surface area contributed by atoms with Crippen LogP contribution in [0.2, 0.25) is 0 Å². The number of nitrogens with zero attached hydrogens (tertiary/aromatic N) is 2. The van der Waals surface area contributed by atoms with E-state index in [1.54, 1.807) is 0 Å². The smallest absolute Gasteiger partial charge is 0.310 e. The van der Waals surface area contributed by atoms with Crippen LogP contribution in [0, 0.1) is 29.6 Å². The summed E-state index contributed by atoms with van der Waals surface area (Å²) in [5.41, 5.74) is 0.893. The first kappa shape index (κ1) is 15.1. The highest BCUT2D eigenvalue weighted by atomic mass is 16.6. The minimum atomic E-state index is -0.0618. The third kappa shape index (κ3) is 2.75. The van der Waals surface area contributed by atoms with Gasteiger partial charge in [-0.1, -0.05) is 35.5 Å². The van der Waals surface area contributed by atoms with Crippen molar-refractivity contribution in [2.24, 2.45) is 29.6 Å². The molecule has 4 saturated carbocycles. The predicted octanol–water partition coefficient (Wildman–Crippen LogP) is 3.85. The fourth-order valence-electron chi connectivity index (χ4n) is 5.56. The molecule has 4 aliphatic carbocycles. The maximum absolute atomic E-state index is 12.7. The fourth-order valence-corrected chi connectivity index (χ4v) is 5.56. The Hall–Kier alpha value is -2.17. The number of carbonyl (C=O) groups is 1. The summed E-state index contributed by atoms with van der Waals surface area (Å²) in [6.07, 6.45) is 6.24. The number of hydrogen-bond donors (Lipinski definition) is 0. The zero-order valence-electron chi connectivity index (χ0n) is 14.1. The van der Waals surface area contributed by atoms with E-state index in [2.05, 4.69) is 10.1 Å². The molecule has 4 fully saturated rings. The van der Waals surface area contributed by atoms with Gasteiger partial charge >= 0.3 is 5.97 Å². The van der Waals surface area contributed by atoms with Crippen molar-refractivity contribution in [2.45, 2.75) is 38.7 Å². The van der Waals surface area contributed by atoms with Crippen LogP contribution in [-0.4, -0.2) is 16.1 Å². The van der Waals surface area contributed by atoms with Crippen LogP contribution in [0.1, 0.15) is 38.0 Å². The molecule has 0 radical (unpaired) electrons. The molecule has 0 amide bonds. The lowest BCUT2D eigenvalue weighted by Gasteiger charge is -2.53. The normalized spacial score (nSPS) is 32.7. The van der Waals surface area contributed by atoms with E-state index < -0.39 is 0 Å². The van der Waals surface area contributed by atoms with Crippen LogP contribution in [0.25, 0.3) is 11.4 Å². The number of aromatic nitrogens is 2. The Kier molecular flexibility index (Phi) is 3.61. The Morgan fingerprint density at radius 1 is 1.04 bits per heavy atom. The van der Waals surface area contributed by atoms with Crippen molar-refractivity contribution in [3.05, 3.63) is 36.2 Å². The molecule has 130 valence electrons. The zero-order chi connectivity index (χ0) is 16.8. The van der Waals surface area contributed by atoms with Gasteiger partial charge in [0.05, 0.1) is 5.92 Å². The molecule has 1 aromatic carbocycles. The standard InChI is InChI=1S/C20H22N2O3/c23-20(18-15-7-12-6-13(9-15)10-16(18)8-12)24-11-17-21-19(22-25-17)14-4-2-1-3-5-14/h1-5,12-13,15-16,18H,6-11H2. The Labute approximate surface area is 146 Å². The summed E-state index contributed by atoms with van der Waals surface area (Å²) in [7, 11) is 0. The van der Waals surface area contributed by atoms with Gasteiger partial charge in [0.2, 0.25) is 5.82 Å². The summed E-state index contributed by atoms with van der Waals surface area (Å²) in [4.78, 5) is 17.0. The zero-order valence-corrected chi connectivity index (χ0v) is 14.1. The quantitative estimate of drug-likeness (QED) is 0.792. The van der Waals surface area contributed by atoms with Crippen molar-refractivity contribution in [3.63, 3.8) is 0 Å². The average Bonchev–Trinajstić information content (AvgIpc) is 3.09. The minimum Gasteiger partial charge on any atom is -0.455 e. The van der Waals surface area contributed by atoms with Crippen molar-refractivity contribution in [1.82, 2.24) is 10.1 Å². The molecule has 0 saturated heterocycles. The molecule has 1 aromatic heterocycles. The van der Waals surface area contributed by atoms with E-state index in [1.165, 1.54) is 32.1 Å². The molecule has 0 N–H and O–H groups in total. The van der Waals surface area contributed by atoms with Gasteiger partial charge in [0.25, 0.3) is 5.89 Å². The SMILES string of the molecule is O=C(OCc1nc(-c2ccccc2)no1)C1C2CC3CC(C2)CC1C3. The molecule has 5 nitrogen and oxygen atoms in total. The molecule has 4 aliphatic rings. The first-order chi connectivity index (χ1) is 12.3. The molecule has 0 spiro atoms. The van der Waals surface area contributed by atoms with Crippen LogP contribution < -0.4 is 0 Å². The lowest BCUT2D eigenvalue weighted by atomic mass is 9.52. The van der Waals surface area contributed by atoms with Crippen molar-refractivity contribution in [2.75, 3.05) is 0 Å². The maximum Gasteiger partial charge on any atom is 0.310 e. The third-order valence-electron chi connectivity index (χ3n) is 6.34. The number of ether oxygens (including phenoxy) is 1. The van der Waals surface area contributed by atoms with Crippen molar-refractivity contribution in [3.8, 4) is 11.4 Å². The second-order valence-electron chi connectivity index (χ2n) is 7.94. The predicted molar refractivity (Wildman–Crippen MR) is 90.1 cm³/mol. The molecule has 2 aromatic rings. The minimum absolute atomic E-state index is 0.0618. The summed E-state index contributed by atoms with van der Waals surface area (Å²) >= 11 is 0. The van der Waals surface area contributed by atoms with Crippen LogP contribution in [-0.2, 0) is 16.1 Å². The average molecular weight is 338 g/mol. The van der Waals surface area contributed by atoms with Crippen LogP contribution in [0.4, 0.5) is 0 Å². The Bertz CT molecular complexity index is 742. The summed E-state index contributed by atoms with van der Waals surface area (Å²) in [6, 6.07) is 9.65. The lowest BCUT2D eigenvalue weighted by molar-refractivity contribution is -0.164. The molecular formula is C20H22N2O3. The van der Waals surface area contributed by atoms with Gasteiger partial charge in [-0.25, -0.2) is 0 Å². The molecule has 1 heterocycles. The molecule has 0 atom stereocenters. The number of esters is 1. The van der Waals surface area contributed by atoms with E-state index in [0.717, 1.165) is 17.4 Å². The van der Waals surface area contributed by atoms with Gasteiger partial charge in [0.1, 0.15) is 0 Å². The molecule has 25 heavy (non-hydrogen) atoms. The van der Waals surface area contributed by atoms with E-state index in [4.69, 9.17) is 9.26 Å². The second kappa shape index (κ2) is 5.97. The van der Waals surface area contributed by atoms with E-state index in [-0.39, 0.29) is 18.5 Å². The van der Waals surface area contributed by atoms with Gasteiger partial charge in [-0.2, -0.15) is 4.98 Å². The van der Waals surface area contributed by atoms with E-state index >= 15 is 0 Å². The van der Waals surface area contributed by atoms with E-state index in [0.29, 0.717) is 23.6 Å². The Morgan fingerprint density at radius 3 is 2.40 bits per heavy atom. The molecule has 5 heteroatoms. The number of benzene rings is 1. The number of hydrogen-bond acceptors (Lipinski definition) is 5. The topological polar surface area (TPSA) is 65.2 Å². The monoisotopic (exact) mass is 338 g/mol. The summed E-state index contributed by atoms with van der Waals surface area (Å²) in [5.74, 6) is 3.69. The van der Waals surface area contributed by atoms with Gasteiger partial charge in [-0.3, -0.25) is 4.79 Å². The summed E-state index contributed by atoms with van der Waals surface area (Å²) in [5, 5.41) is 3.97. The van der Waals surface area contributed by atoms with E-state index in [9.17, 15) is 4.79 Å². The van der Waals surface area contributed by atoms with Crippen LogP contribution >= 0.6 is 0 Å². The molecule has 4 bridgehead atoms. The van der Waals surface area contributed by atoms with Crippen molar-refractivity contribution < 1.29 is 14.1 Å². The van der Waals surface area contributed by atoms with Crippen LogP contribution in [0.5, 0.6) is 0 Å². The molecule has 0 aliphatic heterocycles. The van der Waals surface area contributed by atoms with Crippen molar-refractivity contribution >= 4 is 5.97 Å². The molecule has 0 unspecified atom stereocenters. The maximum atomic E-state index is 12.7. The highest BCUT2D eigenvalue weighted by molar-refractivity contribution is 5.73. The highest BCUT2D eigenvalue weighted by Crippen LogP contribution is 2.56. The van der Waals surface area contributed by atoms with Gasteiger partial charge in [0, 0.05) is 5.56 Å². The first-order valence-electron chi connectivity index (χ1n) is 9.31. The fraction of sp³-hybridized carbons (Fsp3) is 0.550.